The smallest absolute Gasteiger partial charge is 0.180 e. The first kappa shape index (κ1) is 11.6. The highest BCUT2D eigenvalue weighted by atomic mass is 32.2. The van der Waals surface area contributed by atoms with Crippen LogP contribution in [0.3, 0.4) is 0 Å². The number of nitrogens with two attached hydrogens (primary N) is 1. The molecule has 3 nitrogen and oxygen atoms in total. The Hall–Kier alpha value is -0.870. The van der Waals surface area contributed by atoms with Crippen LogP contribution in [-0.4, -0.2) is 20.2 Å². The Labute approximate surface area is 96.6 Å². The van der Waals surface area contributed by atoms with Crippen molar-refractivity contribution < 1.29 is 8.42 Å². The van der Waals surface area contributed by atoms with Gasteiger partial charge in [0.25, 0.3) is 0 Å². The highest BCUT2D eigenvalue weighted by molar-refractivity contribution is 7.91. The average Bonchev–Trinajstić information content (AvgIpc) is 3.00. The van der Waals surface area contributed by atoms with Crippen molar-refractivity contribution in [2.24, 2.45) is 11.7 Å². The van der Waals surface area contributed by atoms with Crippen molar-refractivity contribution >= 4 is 9.84 Å². The van der Waals surface area contributed by atoms with Crippen LogP contribution in [-0.2, 0) is 9.84 Å². The second-order valence-corrected chi connectivity index (χ2v) is 6.55. The summed E-state index contributed by atoms with van der Waals surface area (Å²) in [4.78, 5) is 0.422. The summed E-state index contributed by atoms with van der Waals surface area (Å²) in [7, 11) is -3.22. The van der Waals surface area contributed by atoms with E-state index in [0.717, 1.165) is 18.4 Å². The highest BCUT2D eigenvalue weighted by Crippen LogP contribution is 2.33. The molecule has 1 fully saturated rings. The van der Waals surface area contributed by atoms with Crippen LogP contribution in [0, 0.1) is 12.8 Å². The van der Waals surface area contributed by atoms with Crippen LogP contribution in [0.2, 0.25) is 0 Å². The van der Waals surface area contributed by atoms with E-state index in [1.54, 1.807) is 12.1 Å². The van der Waals surface area contributed by atoms with E-state index in [1.807, 2.05) is 19.1 Å². The molecule has 0 heterocycles. The zero-order valence-corrected chi connectivity index (χ0v) is 10.2. The zero-order valence-electron chi connectivity index (χ0n) is 9.39. The minimum absolute atomic E-state index is 0.0719. The Bertz CT molecular complexity index is 478. The number of rotatable bonds is 4. The maximum absolute atomic E-state index is 12.1. The van der Waals surface area contributed by atoms with Gasteiger partial charge in [0.15, 0.2) is 9.84 Å². The number of aryl methyl sites for hydroxylation is 1. The van der Waals surface area contributed by atoms with Crippen molar-refractivity contribution in [2.75, 3.05) is 5.75 Å². The lowest BCUT2D eigenvalue weighted by molar-refractivity contribution is 0.574. The van der Waals surface area contributed by atoms with Gasteiger partial charge in [-0.25, -0.2) is 8.42 Å². The third-order valence-electron chi connectivity index (χ3n) is 3.07. The summed E-state index contributed by atoms with van der Waals surface area (Å²) in [6, 6.07) is 6.86. The van der Waals surface area contributed by atoms with Gasteiger partial charge < -0.3 is 5.73 Å². The molecule has 88 valence electrons. The molecule has 1 saturated carbocycles. The van der Waals surface area contributed by atoms with Gasteiger partial charge in [0, 0.05) is 6.04 Å². The van der Waals surface area contributed by atoms with Gasteiger partial charge in [-0.3, -0.25) is 0 Å². The molecule has 2 N–H and O–H groups in total. The maximum Gasteiger partial charge on any atom is 0.180 e. The molecule has 1 aromatic rings. The molecule has 1 aliphatic rings. The Kier molecular flexibility index (Phi) is 3.04. The standard InChI is InChI=1S/C12H17NO2S/c1-9-4-2-3-5-12(9)16(14,15)8-11(13)10-6-7-10/h2-5,10-11H,6-8,13H2,1H3. The fraction of sp³-hybridized carbons (Fsp3) is 0.500. The van der Waals surface area contributed by atoms with Crippen molar-refractivity contribution in [1.29, 1.82) is 0 Å². The van der Waals surface area contributed by atoms with Crippen LogP contribution in [0.4, 0.5) is 0 Å². The molecular weight excluding hydrogens is 222 g/mol. The van der Waals surface area contributed by atoms with E-state index < -0.39 is 9.84 Å². The lowest BCUT2D eigenvalue weighted by atomic mass is 10.2. The molecule has 0 aliphatic heterocycles. The zero-order chi connectivity index (χ0) is 11.8. The largest absolute Gasteiger partial charge is 0.327 e. The second-order valence-electron chi connectivity index (χ2n) is 4.55. The summed E-state index contributed by atoms with van der Waals surface area (Å²) in [6.45, 7) is 1.82. The molecule has 0 amide bonds. The molecule has 2 rings (SSSR count). The third kappa shape index (κ3) is 2.44. The van der Waals surface area contributed by atoms with Gasteiger partial charge in [-0.05, 0) is 37.3 Å². The number of benzene rings is 1. The molecule has 16 heavy (non-hydrogen) atoms. The summed E-state index contributed by atoms with van der Waals surface area (Å²) in [5.74, 6) is 0.487. The van der Waals surface area contributed by atoms with Crippen LogP contribution in [0.25, 0.3) is 0 Å². The summed E-state index contributed by atoms with van der Waals surface area (Å²) in [5, 5.41) is 0. The first-order valence-electron chi connectivity index (χ1n) is 5.54. The molecule has 1 atom stereocenters. The topological polar surface area (TPSA) is 60.2 Å². The lowest BCUT2D eigenvalue weighted by Gasteiger charge is -2.12. The molecule has 0 radical (unpaired) electrons. The van der Waals surface area contributed by atoms with Gasteiger partial charge in [0.1, 0.15) is 0 Å². The predicted octanol–water partition coefficient (Wildman–Crippen LogP) is 1.51. The van der Waals surface area contributed by atoms with E-state index in [9.17, 15) is 8.42 Å². The molecule has 1 unspecified atom stereocenters. The van der Waals surface area contributed by atoms with Gasteiger partial charge in [-0.15, -0.1) is 0 Å². The minimum atomic E-state index is -3.22. The van der Waals surface area contributed by atoms with Crippen LogP contribution >= 0.6 is 0 Å². The highest BCUT2D eigenvalue weighted by Gasteiger charge is 2.32. The van der Waals surface area contributed by atoms with Gasteiger partial charge in [0.05, 0.1) is 10.6 Å². The molecule has 4 heteroatoms. The quantitative estimate of drug-likeness (QED) is 0.866. The normalized spacial score (nSPS) is 18.4. The van der Waals surface area contributed by atoms with E-state index in [2.05, 4.69) is 0 Å². The predicted molar refractivity (Wildman–Crippen MR) is 63.9 cm³/mol. The second kappa shape index (κ2) is 4.18. The van der Waals surface area contributed by atoms with Crippen LogP contribution < -0.4 is 5.73 Å². The number of sulfone groups is 1. The van der Waals surface area contributed by atoms with Crippen molar-refractivity contribution in [3.05, 3.63) is 29.8 Å². The SMILES string of the molecule is Cc1ccccc1S(=O)(=O)CC(N)C1CC1. The van der Waals surface area contributed by atoms with Crippen LogP contribution in [0.5, 0.6) is 0 Å². The molecule has 0 aromatic heterocycles. The first-order valence-corrected chi connectivity index (χ1v) is 7.20. The Morgan fingerprint density at radius 2 is 2.00 bits per heavy atom. The van der Waals surface area contributed by atoms with Crippen LogP contribution in [0.15, 0.2) is 29.2 Å². The monoisotopic (exact) mass is 239 g/mol. The van der Waals surface area contributed by atoms with E-state index in [4.69, 9.17) is 5.73 Å². The van der Waals surface area contributed by atoms with E-state index >= 15 is 0 Å². The number of hydrogen-bond acceptors (Lipinski definition) is 3. The van der Waals surface area contributed by atoms with Gasteiger partial charge in [0.2, 0.25) is 0 Å². The Morgan fingerprint density at radius 3 is 2.56 bits per heavy atom. The van der Waals surface area contributed by atoms with E-state index in [1.165, 1.54) is 0 Å². The molecule has 1 aromatic carbocycles. The molecule has 0 saturated heterocycles. The van der Waals surface area contributed by atoms with Gasteiger partial charge in [-0.1, -0.05) is 18.2 Å². The minimum Gasteiger partial charge on any atom is -0.327 e. The average molecular weight is 239 g/mol. The van der Waals surface area contributed by atoms with Crippen molar-refractivity contribution in [3.8, 4) is 0 Å². The first-order chi connectivity index (χ1) is 7.50. The van der Waals surface area contributed by atoms with Gasteiger partial charge in [-0.2, -0.15) is 0 Å². The number of hydrogen-bond donors (Lipinski definition) is 1. The fourth-order valence-electron chi connectivity index (χ4n) is 1.91. The van der Waals surface area contributed by atoms with Crippen molar-refractivity contribution in [1.82, 2.24) is 0 Å². The summed E-state index contributed by atoms with van der Waals surface area (Å²) >= 11 is 0. The van der Waals surface area contributed by atoms with Crippen LogP contribution in [0.1, 0.15) is 18.4 Å². The Balaban J connectivity index is 2.21. The third-order valence-corrected chi connectivity index (χ3v) is 5.02. The molecule has 0 spiro atoms. The summed E-state index contributed by atoms with van der Waals surface area (Å²) in [6.07, 6.45) is 2.15. The van der Waals surface area contributed by atoms with Gasteiger partial charge >= 0.3 is 0 Å². The fourth-order valence-corrected chi connectivity index (χ4v) is 3.71. The van der Waals surface area contributed by atoms with Crippen molar-refractivity contribution in [2.45, 2.75) is 30.7 Å². The van der Waals surface area contributed by atoms with E-state index in [-0.39, 0.29) is 11.8 Å². The van der Waals surface area contributed by atoms with Crippen molar-refractivity contribution in [3.63, 3.8) is 0 Å². The maximum atomic E-state index is 12.1. The molecule has 0 bridgehead atoms. The van der Waals surface area contributed by atoms with E-state index in [0.29, 0.717) is 10.8 Å². The lowest BCUT2D eigenvalue weighted by Crippen LogP contribution is -2.31. The summed E-state index contributed by atoms with van der Waals surface area (Å²) < 4.78 is 24.2. The molecule has 1 aliphatic carbocycles. The molecular formula is C12H17NO2S. The Morgan fingerprint density at radius 1 is 1.38 bits per heavy atom. The summed E-state index contributed by atoms with van der Waals surface area (Å²) in [5.41, 5.74) is 6.67.